The van der Waals surface area contributed by atoms with Crippen LogP contribution < -0.4 is 5.32 Å². The second kappa shape index (κ2) is 5.52. The average Bonchev–Trinajstić information content (AvgIpc) is 3.04. The van der Waals surface area contributed by atoms with Gasteiger partial charge in [0.2, 0.25) is 0 Å². The normalized spacial score (nSPS) is 21.6. The fourth-order valence-corrected chi connectivity index (χ4v) is 3.26. The number of aromatic nitrogens is 1. The number of H-pyrrole nitrogens is 1. The van der Waals surface area contributed by atoms with Crippen LogP contribution in [0.2, 0.25) is 0 Å². The molecule has 1 aliphatic rings. The molecular weight excluding hydrogens is 336 g/mol. The fourth-order valence-electron chi connectivity index (χ4n) is 2.90. The number of rotatable bonds is 3. The van der Waals surface area contributed by atoms with Crippen molar-refractivity contribution >= 4 is 38.7 Å². The van der Waals surface area contributed by atoms with Crippen LogP contribution in [0.1, 0.15) is 29.8 Å². The Balaban J connectivity index is 1.79. The van der Waals surface area contributed by atoms with Crippen LogP contribution in [0, 0.1) is 5.92 Å². The third-order valence-electron chi connectivity index (χ3n) is 3.98. The Morgan fingerprint density at radius 1 is 1.29 bits per heavy atom. The van der Waals surface area contributed by atoms with E-state index in [2.05, 4.69) is 26.2 Å². The molecule has 0 spiro atoms. The van der Waals surface area contributed by atoms with E-state index in [1.54, 1.807) is 6.07 Å². The van der Waals surface area contributed by atoms with Crippen LogP contribution in [0.15, 0.2) is 28.7 Å². The second-order valence-corrected chi connectivity index (χ2v) is 6.29. The first-order valence-corrected chi connectivity index (χ1v) is 7.66. The maximum Gasteiger partial charge on any atom is 0.308 e. The molecule has 110 valence electrons. The van der Waals surface area contributed by atoms with E-state index in [1.165, 1.54) is 0 Å². The van der Waals surface area contributed by atoms with E-state index in [0.29, 0.717) is 18.5 Å². The maximum absolute atomic E-state index is 12.3. The van der Waals surface area contributed by atoms with Gasteiger partial charge in [-0.25, -0.2) is 0 Å². The zero-order chi connectivity index (χ0) is 15.0. The van der Waals surface area contributed by atoms with Gasteiger partial charge >= 0.3 is 5.97 Å². The highest BCUT2D eigenvalue weighted by Gasteiger charge is 2.34. The number of halogens is 1. The van der Waals surface area contributed by atoms with E-state index in [0.717, 1.165) is 21.8 Å². The number of carbonyl (C=O) groups is 2. The lowest BCUT2D eigenvalue weighted by atomic mass is 10.0. The van der Waals surface area contributed by atoms with E-state index < -0.39 is 11.9 Å². The molecular formula is C15H15BrN2O3. The van der Waals surface area contributed by atoms with Crippen molar-refractivity contribution in [3.05, 3.63) is 34.4 Å². The van der Waals surface area contributed by atoms with Crippen LogP contribution in [-0.4, -0.2) is 28.0 Å². The predicted octanol–water partition coefficient (Wildman–Crippen LogP) is 2.91. The van der Waals surface area contributed by atoms with E-state index >= 15 is 0 Å². The van der Waals surface area contributed by atoms with E-state index in [9.17, 15) is 9.59 Å². The molecule has 5 nitrogen and oxygen atoms in total. The van der Waals surface area contributed by atoms with Gasteiger partial charge in [0, 0.05) is 21.4 Å². The number of fused-ring (bicyclic) bond motifs is 1. The van der Waals surface area contributed by atoms with Gasteiger partial charge in [-0.05, 0) is 31.0 Å². The molecule has 0 bridgehead atoms. The summed E-state index contributed by atoms with van der Waals surface area (Å²) in [6.45, 7) is 0. The molecule has 1 heterocycles. The third kappa shape index (κ3) is 2.81. The molecule has 1 amide bonds. The van der Waals surface area contributed by atoms with Crippen molar-refractivity contribution in [2.24, 2.45) is 5.92 Å². The van der Waals surface area contributed by atoms with Gasteiger partial charge in [0.25, 0.3) is 5.91 Å². The summed E-state index contributed by atoms with van der Waals surface area (Å²) in [6.07, 6.45) is 2.18. The number of carbonyl (C=O) groups excluding carboxylic acids is 1. The minimum atomic E-state index is -0.835. The maximum atomic E-state index is 12.3. The lowest BCUT2D eigenvalue weighted by Crippen LogP contribution is -2.40. The molecule has 1 aromatic carbocycles. The molecule has 1 aliphatic carbocycles. The van der Waals surface area contributed by atoms with Crippen molar-refractivity contribution in [2.45, 2.75) is 25.3 Å². The smallest absolute Gasteiger partial charge is 0.308 e. The monoisotopic (exact) mass is 350 g/mol. The number of amides is 1. The van der Waals surface area contributed by atoms with Crippen LogP contribution in [-0.2, 0) is 4.79 Å². The molecule has 1 aromatic heterocycles. The summed E-state index contributed by atoms with van der Waals surface area (Å²) in [4.78, 5) is 26.5. The standard InChI is InChI=1S/C15H15BrN2O3/c16-9-5-4-8-6-13(17-12(8)7-9)14(19)18-11-3-1-2-10(11)15(20)21/h4-7,10-11,17H,1-3H2,(H,18,19)(H,20,21)/t10-,11+/m1/s1. The molecule has 3 N–H and O–H groups in total. The van der Waals surface area contributed by atoms with Gasteiger partial charge in [0.05, 0.1) is 5.92 Å². The molecule has 0 saturated heterocycles. The van der Waals surface area contributed by atoms with Gasteiger partial charge in [-0.3, -0.25) is 9.59 Å². The van der Waals surface area contributed by atoms with Crippen LogP contribution in [0.5, 0.6) is 0 Å². The number of hydrogen-bond donors (Lipinski definition) is 3. The highest BCUT2D eigenvalue weighted by atomic mass is 79.9. The zero-order valence-corrected chi connectivity index (χ0v) is 12.8. The van der Waals surface area contributed by atoms with Crippen molar-refractivity contribution < 1.29 is 14.7 Å². The first kappa shape index (κ1) is 14.1. The van der Waals surface area contributed by atoms with Gasteiger partial charge in [0.1, 0.15) is 5.69 Å². The number of nitrogens with one attached hydrogen (secondary N) is 2. The third-order valence-corrected chi connectivity index (χ3v) is 4.47. The average molecular weight is 351 g/mol. The summed E-state index contributed by atoms with van der Waals surface area (Å²) >= 11 is 3.39. The van der Waals surface area contributed by atoms with Gasteiger partial charge in [-0.15, -0.1) is 0 Å². The summed E-state index contributed by atoms with van der Waals surface area (Å²) in [6, 6.07) is 7.23. The number of carboxylic acids is 1. The van der Waals surface area contributed by atoms with Gasteiger partial charge in [0.15, 0.2) is 0 Å². The lowest BCUT2D eigenvalue weighted by Gasteiger charge is -2.16. The Bertz CT molecular complexity index is 710. The number of carboxylic acid groups (broad SMARTS) is 1. The summed E-state index contributed by atoms with van der Waals surface area (Å²) in [5, 5.41) is 12.9. The summed E-state index contributed by atoms with van der Waals surface area (Å²) < 4.78 is 0.936. The quantitative estimate of drug-likeness (QED) is 0.795. The Kier molecular flexibility index (Phi) is 3.71. The minimum Gasteiger partial charge on any atom is -0.481 e. The first-order valence-electron chi connectivity index (χ1n) is 6.86. The van der Waals surface area contributed by atoms with E-state index in [-0.39, 0.29) is 11.9 Å². The molecule has 1 saturated carbocycles. The van der Waals surface area contributed by atoms with Crippen LogP contribution >= 0.6 is 15.9 Å². The van der Waals surface area contributed by atoms with Crippen molar-refractivity contribution in [2.75, 3.05) is 0 Å². The van der Waals surface area contributed by atoms with Crippen molar-refractivity contribution in [1.29, 1.82) is 0 Å². The van der Waals surface area contributed by atoms with Gasteiger partial charge in [-0.2, -0.15) is 0 Å². The van der Waals surface area contributed by atoms with Crippen molar-refractivity contribution in [3.8, 4) is 0 Å². The van der Waals surface area contributed by atoms with E-state index in [1.807, 2.05) is 18.2 Å². The van der Waals surface area contributed by atoms with Gasteiger partial charge < -0.3 is 15.4 Å². The fraction of sp³-hybridized carbons (Fsp3) is 0.333. The SMILES string of the molecule is O=C(N[C@H]1CCC[C@H]1C(=O)O)c1cc2ccc(Br)cc2[nH]1. The molecule has 6 heteroatoms. The Hall–Kier alpha value is -1.82. The topological polar surface area (TPSA) is 82.2 Å². The van der Waals surface area contributed by atoms with Crippen LogP contribution in [0.3, 0.4) is 0 Å². The predicted molar refractivity (Wildman–Crippen MR) is 82.2 cm³/mol. The van der Waals surface area contributed by atoms with Crippen LogP contribution in [0.25, 0.3) is 10.9 Å². The van der Waals surface area contributed by atoms with Crippen molar-refractivity contribution in [1.82, 2.24) is 10.3 Å². The number of aliphatic carboxylic acids is 1. The molecule has 1 fully saturated rings. The molecule has 0 radical (unpaired) electrons. The molecule has 21 heavy (non-hydrogen) atoms. The second-order valence-electron chi connectivity index (χ2n) is 5.37. The summed E-state index contributed by atoms with van der Waals surface area (Å²) in [5.41, 5.74) is 1.33. The largest absolute Gasteiger partial charge is 0.481 e. The molecule has 0 aliphatic heterocycles. The lowest BCUT2D eigenvalue weighted by molar-refractivity contribution is -0.142. The molecule has 2 atom stereocenters. The molecule has 0 unspecified atom stereocenters. The Morgan fingerprint density at radius 2 is 2.10 bits per heavy atom. The summed E-state index contributed by atoms with van der Waals surface area (Å²) in [5.74, 6) is -1.56. The first-order chi connectivity index (χ1) is 10.0. The van der Waals surface area contributed by atoms with Gasteiger partial charge in [-0.1, -0.05) is 28.4 Å². The number of benzene rings is 1. The Morgan fingerprint density at radius 3 is 2.86 bits per heavy atom. The van der Waals surface area contributed by atoms with E-state index in [4.69, 9.17) is 5.11 Å². The summed E-state index contributed by atoms with van der Waals surface area (Å²) in [7, 11) is 0. The molecule has 3 rings (SSSR count). The number of hydrogen-bond acceptors (Lipinski definition) is 2. The highest BCUT2D eigenvalue weighted by Crippen LogP contribution is 2.26. The highest BCUT2D eigenvalue weighted by molar-refractivity contribution is 9.10. The Labute approximate surface area is 129 Å². The van der Waals surface area contributed by atoms with Crippen molar-refractivity contribution in [3.63, 3.8) is 0 Å². The molecule has 2 aromatic rings. The zero-order valence-electron chi connectivity index (χ0n) is 11.2. The number of aromatic amines is 1. The van der Waals surface area contributed by atoms with Crippen LogP contribution in [0.4, 0.5) is 0 Å². The minimum absolute atomic E-state index is 0.250.